The minimum atomic E-state index is 0.921. The van der Waals surface area contributed by atoms with Gasteiger partial charge in [-0.2, -0.15) is 0 Å². The molecule has 0 radical (unpaired) electrons. The molecule has 2 atom stereocenters. The first-order valence-electron chi connectivity index (χ1n) is 6.84. The van der Waals surface area contributed by atoms with Gasteiger partial charge in [-0.1, -0.05) is 6.42 Å². The van der Waals surface area contributed by atoms with E-state index in [1.54, 1.807) is 0 Å². The fourth-order valence-electron chi connectivity index (χ4n) is 3.41. The summed E-state index contributed by atoms with van der Waals surface area (Å²) in [6, 6.07) is 0. The SMILES string of the molecule is CN1CCN=C1NCC1CCCC1C1CC1. The van der Waals surface area contributed by atoms with E-state index in [2.05, 4.69) is 22.3 Å². The molecule has 1 aliphatic heterocycles. The smallest absolute Gasteiger partial charge is 0.193 e. The highest BCUT2D eigenvalue weighted by atomic mass is 15.3. The molecule has 0 aromatic rings. The van der Waals surface area contributed by atoms with Crippen LogP contribution in [0.2, 0.25) is 0 Å². The second-order valence-corrected chi connectivity index (χ2v) is 5.70. The van der Waals surface area contributed by atoms with Crippen molar-refractivity contribution in [3.63, 3.8) is 0 Å². The Hall–Kier alpha value is -0.730. The average Bonchev–Trinajstić information content (AvgIpc) is 2.88. The van der Waals surface area contributed by atoms with E-state index in [1.165, 1.54) is 32.1 Å². The van der Waals surface area contributed by atoms with Crippen LogP contribution in [-0.2, 0) is 0 Å². The first-order chi connectivity index (χ1) is 7.84. The molecule has 0 aromatic carbocycles. The Balaban J connectivity index is 1.50. The molecule has 0 bridgehead atoms. The number of rotatable bonds is 3. The standard InChI is InChI=1S/C13H23N3/c1-16-8-7-14-13(16)15-9-11-3-2-4-12(11)10-5-6-10/h10-12H,2-9H2,1H3,(H,14,15). The summed E-state index contributed by atoms with van der Waals surface area (Å²) >= 11 is 0. The van der Waals surface area contributed by atoms with E-state index < -0.39 is 0 Å². The van der Waals surface area contributed by atoms with E-state index in [0.717, 1.165) is 43.3 Å². The minimum absolute atomic E-state index is 0.921. The molecule has 0 saturated heterocycles. The quantitative estimate of drug-likeness (QED) is 0.785. The largest absolute Gasteiger partial charge is 0.356 e. The molecule has 0 spiro atoms. The third-order valence-corrected chi connectivity index (χ3v) is 4.53. The normalized spacial score (nSPS) is 34.3. The average molecular weight is 221 g/mol. The molecule has 2 saturated carbocycles. The zero-order chi connectivity index (χ0) is 11.0. The van der Waals surface area contributed by atoms with Crippen LogP contribution in [0.1, 0.15) is 32.1 Å². The van der Waals surface area contributed by atoms with Gasteiger partial charge in [-0.15, -0.1) is 0 Å². The number of aliphatic imine (C=N–C) groups is 1. The predicted molar refractivity (Wildman–Crippen MR) is 66.5 cm³/mol. The molecule has 16 heavy (non-hydrogen) atoms. The number of nitrogens with one attached hydrogen (secondary N) is 1. The first-order valence-corrected chi connectivity index (χ1v) is 6.84. The van der Waals surface area contributed by atoms with E-state index in [4.69, 9.17) is 0 Å². The Morgan fingerprint density at radius 2 is 2.19 bits per heavy atom. The lowest BCUT2D eigenvalue weighted by Gasteiger charge is -2.22. The summed E-state index contributed by atoms with van der Waals surface area (Å²) in [5.41, 5.74) is 0. The minimum Gasteiger partial charge on any atom is -0.356 e. The zero-order valence-corrected chi connectivity index (χ0v) is 10.3. The van der Waals surface area contributed by atoms with Crippen molar-refractivity contribution in [1.82, 2.24) is 10.2 Å². The number of hydrogen-bond acceptors (Lipinski definition) is 3. The highest BCUT2D eigenvalue weighted by Crippen LogP contribution is 2.47. The second-order valence-electron chi connectivity index (χ2n) is 5.70. The highest BCUT2D eigenvalue weighted by Gasteiger charge is 2.39. The summed E-state index contributed by atoms with van der Waals surface area (Å²) < 4.78 is 0. The Kier molecular flexibility index (Phi) is 2.78. The molecule has 1 N–H and O–H groups in total. The van der Waals surface area contributed by atoms with Gasteiger partial charge in [0.15, 0.2) is 5.96 Å². The van der Waals surface area contributed by atoms with Crippen molar-refractivity contribution < 1.29 is 0 Å². The topological polar surface area (TPSA) is 27.6 Å². The zero-order valence-electron chi connectivity index (χ0n) is 10.3. The third-order valence-electron chi connectivity index (χ3n) is 4.53. The van der Waals surface area contributed by atoms with Crippen molar-refractivity contribution in [2.75, 3.05) is 26.7 Å². The van der Waals surface area contributed by atoms with Crippen molar-refractivity contribution in [2.45, 2.75) is 32.1 Å². The molecule has 3 rings (SSSR count). The molecule has 0 amide bonds. The van der Waals surface area contributed by atoms with Crippen LogP contribution in [0.5, 0.6) is 0 Å². The molecule has 2 unspecified atom stereocenters. The third kappa shape index (κ3) is 2.04. The highest BCUT2D eigenvalue weighted by molar-refractivity contribution is 5.81. The molecule has 3 nitrogen and oxygen atoms in total. The maximum absolute atomic E-state index is 4.49. The number of hydrogen-bond donors (Lipinski definition) is 1. The summed E-state index contributed by atoms with van der Waals surface area (Å²) in [5.74, 6) is 4.16. The van der Waals surface area contributed by atoms with Crippen LogP contribution >= 0.6 is 0 Å². The van der Waals surface area contributed by atoms with E-state index in [1.807, 2.05) is 0 Å². The monoisotopic (exact) mass is 221 g/mol. The fraction of sp³-hybridized carbons (Fsp3) is 0.923. The van der Waals surface area contributed by atoms with Crippen LogP contribution in [-0.4, -0.2) is 37.5 Å². The maximum Gasteiger partial charge on any atom is 0.193 e. The van der Waals surface area contributed by atoms with Gasteiger partial charge in [0.2, 0.25) is 0 Å². The summed E-state index contributed by atoms with van der Waals surface area (Å²) in [6.07, 6.45) is 7.38. The van der Waals surface area contributed by atoms with E-state index in [-0.39, 0.29) is 0 Å². The summed E-state index contributed by atoms with van der Waals surface area (Å²) in [4.78, 5) is 6.73. The first kappa shape index (κ1) is 10.4. The van der Waals surface area contributed by atoms with Crippen LogP contribution in [0.4, 0.5) is 0 Å². The van der Waals surface area contributed by atoms with Crippen LogP contribution in [0, 0.1) is 17.8 Å². The van der Waals surface area contributed by atoms with Crippen LogP contribution in [0.25, 0.3) is 0 Å². The number of likely N-dealkylation sites (N-methyl/N-ethyl adjacent to an activating group) is 1. The van der Waals surface area contributed by atoms with E-state index in [0.29, 0.717) is 0 Å². The van der Waals surface area contributed by atoms with E-state index in [9.17, 15) is 0 Å². The lowest BCUT2D eigenvalue weighted by Crippen LogP contribution is -2.39. The van der Waals surface area contributed by atoms with Crippen molar-refractivity contribution in [3.8, 4) is 0 Å². The van der Waals surface area contributed by atoms with Crippen molar-refractivity contribution in [1.29, 1.82) is 0 Å². The lowest BCUT2D eigenvalue weighted by molar-refractivity contribution is 0.341. The molecule has 90 valence electrons. The van der Waals surface area contributed by atoms with Gasteiger partial charge in [-0.3, -0.25) is 4.99 Å². The van der Waals surface area contributed by atoms with Crippen LogP contribution in [0.3, 0.4) is 0 Å². The van der Waals surface area contributed by atoms with E-state index >= 15 is 0 Å². The molecular weight excluding hydrogens is 198 g/mol. The number of guanidine groups is 1. The Labute approximate surface area is 98.3 Å². The molecule has 3 aliphatic rings. The summed E-state index contributed by atoms with van der Waals surface area (Å²) in [6.45, 7) is 3.21. The summed E-state index contributed by atoms with van der Waals surface area (Å²) in [7, 11) is 2.13. The Morgan fingerprint density at radius 1 is 1.31 bits per heavy atom. The Morgan fingerprint density at radius 3 is 2.88 bits per heavy atom. The van der Waals surface area contributed by atoms with Crippen molar-refractivity contribution in [2.24, 2.45) is 22.7 Å². The summed E-state index contributed by atoms with van der Waals surface area (Å²) in [5, 5.41) is 3.56. The second kappa shape index (κ2) is 4.27. The molecule has 3 heteroatoms. The van der Waals surface area contributed by atoms with Gasteiger partial charge in [-0.05, 0) is 43.4 Å². The van der Waals surface area contributed by atoms with Gasteiger partial charge in [0.05, 0.1) is 6.54 Å². The van der Waals surface area contributed by atoms with Crippen LogP contribution in [0.15, 0.2) is 4.99 Å². The molecule has 2 fully saturated rings. The maximum atomic E-state index is 4.49. The van der Waals surface area contributed by atoms with Gasteiger partial charge in [-0.25, -0.2) is 0 Å². The Bertz CT molecular complexity index is 283. The fourth-order valence-corrected chi connectivity index (χ4v) is 3.41. The predicted octanol–water partition coefficient (Wildman–Crippen LogP) is 1.70. The van der Waals surface area contributed by atoms with Crippen LogP contribution < -0.4 is 5.32 Å². The van der Waals surface area contributed by atoms with Gasteiger partial charge >= 0.3 is 0 Å². The van der Waals surface area contributed by atoms with Gasteiger partial charge in [0.25, 0.3) is 0 Å². The van der Waals surface area contributed by atoms with Gasteiger partial charge in [0.1, 0.15) is 0 Å². The molecule has 1 heterocycles. The van der Waals surface area contributed by atoms with Crippen molar-refractivity contribution in [3.05, 3.63) is 0 Å². The van der Waals surface area contributed by atoms with Gasteiger partial charge < -0.3 is 10.2 Å². The molecule has 2 aliphatic carbocycles. The van der Waals surface area contributed by atoms with Crippen molar-refractivity contribution >= 4 is 5.96 Å². The lowest BCUT2D eigenvalue weighted by atomic mass is 9.91. The van der Waals surface area contributed by atoms with Gasteiger partial charge in [0, 0.05) is 20.1 Å². The number of nitrogens with zero attached hydrogens (tertiary/aromatic N) is 2. The molecular formula is C13H23N3. The molecule has 0 aromatic heterocycles.